The van der Waals surface area contributed by atoms with Crippen molar-refractivity contribution in [1.29, 1.82) is 0 Å². The molecule has 1 heterocycles. The summed E-state index contributed by atoms with van der Waals surface area (Å²) in [4.78, 5) is 26.6. The molecule has 0 saturated carbocycles. The molecule has 1 aliphatic heterocycles. The summed E-state index contributed by atoms with van der Waals surface area (Å²) in [5.74, 6) is 0.536. The van der Waals surface area contributed by atoms with Crippen LogP contribution in [0.1, 0.15) is 22.1 Å². The first-order valence-electron chi connectivity index (χ1n) is 9.54. The lowest BCUT2D eigenvalue weighted by atomic mass is 10.1. The molecule has 1 N–H and O–H groups in total. The van der Waals surface area contributed by atoms with Crippen LogP contribution in [-0.2, 0) is 16.0 Å². The number of thioether (sulfide) groups is 1. The van der Waals surface area contributed by atoms with Crippen LogP contribution in [-0.4, -0.2) is 17.6 Å². The molecule has 0 radical (unpaired) electrons. The number of amides is 2. The van der Waals surface area contributed by atoms with Crippen LogP contribution in [0.2, 0.25) is 0 Å². The second-order valence-electron chi connectivity index (χ2n) is 7.10. The molecule has 0 spiro atoms. The van der Waals surface area contributed by atoms with Gasteiger partial charge >= 0.3 is 0 Å². The summed E-state index contributed by atoms with van der Waals surface area (Å²) in [6, 6.07) is 25.5. The van der Waals surface area contributed by atoms with E-state index in [0.717, 1.165) is 22.5 Å². The smallest absolute Gasteiger partial charge is 0.238 e. The molecule has 0 unspecified atom stereocenters. The summed E-state index contributed by atoms with van der Waals surface area (Å²) >= 11 is 1.62. The van der Waals surface area contributed by atoms with E-state index >= 15 is 0 Å². The fraction of sp³-hybridized carbons (Fsp3) is 0.167. The molecule has 4 nitrogen and oxygen atoms in total. The number of aryl methyl sites for hydroxylation is 1. The maximum atomic E-state index is 12.5. The van der Waals surface area contributed by atoms with Crippen molar-refractivity contribution in [3.63, 3.8) is 0 Å². The first kappa shape index (κ1) is 19.3. The van der Waals surface area contributed by atoms with E-state index in [-0.39, 0.29) is 17.2 Å². The van der Waals surface area contributed by atoms with Crippen LogP contribution in [0, 0.1) is 6.92 Å². The molecule has 1 saturated heterocycles. The quantitative estimate of drug-likeness (QED) is 0.657. The third-order valence-corrected chi connectivity index (χ3v) is 6.08. The normalized spacial score (nSPS) is 16.1. The van der Waals surface area contributed by atoms with Gasteiger partial charge in [-0.15, -0.1) is 11.8 Å². The first-order valence-corrected chi connectivity index (χ1v) is 10.6. The fourth-order valence-electron chi connectivity index (χ4n) is 3.37. The number of hydrogen-bond acceptors (Lipinski definition) is 3. The summed E-state index contributed by atoms with van der Waals surface area (Å²) in [6.07, 6.45) is 0.344. The third-order valence-electron chi connectivity index (χ3n) is 4.87. The molecule has 146 valence electrons. The Morgan fingerprint density at radius 3 is 2.38 bits per heavy atom. The van der Waals surface area contributed by atoms with E-state index in [1.807, 2.05) is 90.7 Å². The van der Waals surface area contributed by atoms with Crippen molar-refractivity contribution in [3.8, 4) is 0 Å². The number of nitrogens with one attached hydrogen (secondary N) is 1. The molecule has 1 fully saturated rings. The van der Waals surface area contributed by atoms with Gasteiger partial charge in [-0.3, -0.25) is 14.5 Å². The van der Waals surface area contributed by atoms with Crippen molar-refractivity contribution in [3.05, 3.63) is 95.6 Å². The molecule has 4 rings (SSSR count). The zero-order valence-corrected chi connectivity index (χ0v) is 17.0. The molecule has 1 aliphatic rings. The zero-order chi connectivity index (χ0) is 20.2. The Morgan fingerprint density at radius 2 is 1.69 bits per heavy atom. The molecule has 29 heavy (non-hydrogen) atoms. The van der Waals surface area contributed by atoms with E-state index in [1.54, 1.807) is 11.8 Å². The topological polar surface area (TPSA) is 49.4 Å². The number of hydrogen-bond donors (Lipinski definition) is 1. The van der Waals surface area contributed by atoms with Gasteiger partial charge in [-0.05, 0) is 42.3 Å². The molecular formula is C24H22N2O2S. The van der Waals surface area contributed by atoms with Gasteiger partial charge in [0.15, 0.2) is 0 Å². The van der Waals surface area contributed by atoms with Crippen molar-refractivity contribution in [2.75, 3.05) is 16.0 Å². The van der Waals surface area contributed by atoms with Crippen molar-refractivity contribution in [1.82, 2.24) is 0 Å². The van der Waals surface area contributed by atoms with Crippen LogP contribution in [0.5, 0.6) is 0 Å². The third kappa shape index (κ3) is 4.51. The lowest BCUT2D eigenvalue weighted by Crippen LogP contribution is -2.27. The molecule has 1 atom stereocenters. The summed E-state index contributed by atoms with van der Waals surface area (Å²) in [6.45, 7) is 2.03. The second-order valence-corrected chi connectivity index (χ2v) is 8.16. The highest BCUT2D eigenvalue weighted by Crippen LogP contribution is 2.41. The van der Waals surface area contributed by atoms with Crippen LogP contribution >= 0.6 is 11.8 Å². The van der Waals surface area contributed by atoms with Crippen molar-refractivity contribution < 1.29 is 9.59 Å². The Morgan fingerprint density at radius 1 is 1.00 bits per heavy atom. The number of benzene rings is 3. The van der Waals surface area contributed by atoms with Gasteiger partial charge in [0.25, 0.3) is 0 Å². The van der Waals surface area contributed by atoms with Gasteiger partial charge in [-0.1, -0.05) is 60.2 Å². The number of carbonyl (C=O) groups excluding carboxylic acids is 2. The van der Waals surface area contributed by atoms with Crippen LogP contribution in [0.15, 0.2) is 78.9 Å². The number of anilines is 2. The molecule has 3 aromatic rings. The fourth-order valence-corrected chi connectivity index (χ4v) is 4.55. The van der Waals surface area contributed by atoms with Crippen molar-refractivity contribution in [2.45, 2.75) is 18.7 Å². The molecule has 0 bridgehead atoms. The van der Waals surface area contributed by atoms with E-state index < -0.39 is 0 Å². The largest absolute Gasteiger partial charge is 0.326 e. The van der Waals surface area contributed by atoms with Crippen molar-refractivity contribution in [2.24, 2.45) is 0 Å². The summed E-state index contributed by atoms with van der Waals surface area (Å²) in [7, 11) is 0. The Bertz CT molecular complexity index is 1000. The van der Waals surface area contributed by atoms with Gasteiger partial charge in [-0.2, -0.15) is 0 Å². The first-order chi connectivity index (χ1) is 14.1. The Balaban J connectivity index is 1.46. The minimum atomic E-state index is -0.0562. The van der Waals surface area contributed by atoms with Crippen LogP contribution in [0.25, 0.3) is 0 Å². The molecule has 0 aromatic heterocycles. The maximum Gasteiger partial charge on any atom is 0.238 e. The van der Waals surface area contributed by atoms with Gasteiger partial charge in [0.2, 0.25) is 11.8 Å². The minimum Gasteiger partial charge on any atom is -0.326 e. The van der Waals surface area contributed by atoms with Gasteiger partial charge in [0, 0.05) is 11.4 Å². The van der Waals surface area contributed by atoms with Gasteiger partial charge < -0.3 is 5.32 Å². The minimum absolute atomic E-state index is 0.0457. The average molecular weight is 403 g/mol. The lowest BCUT2D eigenvalue weighted by Gasteiger charge is -2.24. The Kier molecular flexibility index (Phi) is 5.67. The molecular weight excluding hydrogens is 380 g/mol. The predicted molar refractivity (Wildman–Crippen MR) is 119 cm³/mol. The standard InChI is InChI=1S/C24H22N2O2S/c1-17-7-13-21(14-8-17)26-23(28)16-29-24(26)19-9-11-20(12-10-19)25-22(27)15-18-5-3-2-4-6-18/h2-14,24H,15-16H2,1H3,(H,25,27)/t24-/m1/s1. The zero-order valence-electron chi connectivity index (χ0n) is 16.2. The number of carbonyl (C=O) groups is 2. The van der Waals surface area contributed by atoms with Crippen LogP contribution in [0.3, 0.4) is 0 Å². The van der Waals surface area contributed by atoms with E-state index in [4.69, 9.17) is 0 Å². The Labute approximate surface area is 174 Å². The number of nitrogens with zero attached hydrogens (tertiary/aromatic N) is 1. The van der Waals surface area contributed by atoms with Crippen LogP contribution in [0.4, 0.5) is 11.4 Å². The maximum absolute atomic E-state index is 12.5. The van der Waals surface area contributed by atoms with Gasteiger partial charge in [0.05, 0.1) is 12.2 Å². The van der Waals surface area contributed by atoms with Crippen LogP contribution < -0.4 is 10.2 Å². The SMILES string of the molecule is Cc1ccc(N2C(=O)CS[C@@H]2c2ccc(NC(=O)Cc3ccccc3)cc2)cc1. The molecule has 2 amide bonds. The summed E-state index contributed by atoms with van der Waals surface area (Å²) < 4.78 is 0. The summed E-state index contributed by atoms with van der Waals surface area (Å²) in [5.41, 5.74) is 4.86. The predicted octanol–water partition coefficient (Wildman–Crippen LogP) is 4.95. The Hall–Kier alpha value is -3.05. The highest BCUT2D eigenvalue weighted by Gasteiger charge is 2.33. The average Bonchev–Trinajstić information content (AvgIpc) is 3.11. The second kappa shape index (κ2) is 8.53. The van der Waals surface area contributed by atoms with E-state index in [2.05, 4.69) is 5.32 Å². The molecule has 5 heteroatoms. The molecule has 3 aromatic carbocycles. The highest BCUT2D eigenvalue weighted by molar-refractivity contribution is 8.00. The highest BCUT2D eigenvalue weighted by atomic mass is 32.2. The lowest BCUT2D eigenvalue weighted by molar-refractivity contribution is -0.116. The van der Waals surface area contributed by atoms with Crippen molar-refractivity contribution >= 4 is 35.0 Å². The van der Waals surface area contributed by atoms with E-state index in [9.17, 15) is 9.59 Å². The summed E-state index contributed by atoms with van der Waals surface area (Å²) in [5, 5.41) is 2.88. The van der Waals surface area contributed by atoms with E-state index in [0.29, 0.717) is 12.2 Å². The van der Waals surface area contributed by atoms with E-state index in [1.165, 1.54) is 5.56 Å². The van der Waals surface area contributed by atoms with Gasteiger partial charge in [-0.25, -0.2) is 0 Å². The van der Waals surface area contributed by atoms with Gasteiger partial charge in [0.1, 0.15) is 5.37 Å². The monoisotopic (exact) mass is 402 g/mol. The molecule has 0 aliphatic carbocycles. The number of rotatable bonds is 5.